The molecule has 0 fully saturated rings. The minimum atomic E-state index is 0.198. The van der Waals surface area contributed by atoms with Crippen LogP contribution in [0, 0.1) is 0 Å². The highest BCUT2D eigenvalue weighted by atomic mass is 16.5. The monoisotopic (exact) mass is 260 g/mol. The molecule has 0 aliphatic heterocycles. The Morgan fingerprint density at radius 2 is 1.56 bits per heavy atom. The summed E-state index contributed by atoms with van der Waals surface area (Å²) >= 11 is 0. The summed E-state index contributed by atoms with van der Waals surface area (Å²) in [5, 5.41) is 3.53. The van der Waals surface area contributed by atoms with E-state index >= 15 is 0 Å². The van der Waals surface area contributed by atoms with Gasteiger partial charge in [0.1, 0.15) is 0 Å². The van der Waals surface area contributed by atoms with Gasteiger partial charge >= 0.3 is 0 Å². The van der Waals surface area contributed by atoms with E-state index in [2.05, 4.69) is 37.9 Å². The normalized spacial score (nSPS) is 14.2. The zero-order chi connectivity index (χ0) is 14.0. The van der Waals surface area contributed by atoms with Gasteiger partial charge in [0.2, 0.25) is 0 Å². The summed E-state index contributed by atoms with van der Waals surface area (Å²) in [4.78, 5) is 2.43. The molecule has 0 saturated heterocycles. The van der Waals surface area contributed by atoms with Crippen LogP contribution in [-0.2, 0) is 9.47 Å². The summed E-state index contributed by atoms with van der Waals surface area (Å²) in [6.07, 6.45) is 1.14. The molecule has 1 N–H and O–H groups in total. The first-order chi connectivity index (χ1) is 8.40. The zero-order valence-corrected chi connectivity index (χ0v) is 13.1. The Bertz CT molecular complexity index is 185. The van der Waals surface area contributed by atoms with Gasteiger partial charge in [0.15, 0.2) is 0 Å². The predicted molar refractivity (Wildman–Crippen MR) is 77.2 cm³/mol. The molecule has 18 heavy (non-hydrogen) atoms. The summed E-state index contributed by atoms with van der Waals surface area (Å²) in [6.45, 7) is 13.4. The van der Waals surface area contributed by atoms with E-state index in [1.165, 1.54) is 0 Å². The van der Waals surface area contributed by atoms with Gasteiger partial charge in [0.25, 0.3) is 0 Å². The number of hydrogen-bond acceptors (Lipinski definition) is 4. The van der Waals surface area contributed by atoms with Gasteiger partial charge in [0.05, 0.1) is 13.2 Å². The van der Waals surface area contributed by atoms with Crippen LogP contribution in [0.3, 0.4) is 0 Å². The third-order valence-corrected chi connectivity index (χ3v) is 3.01. The molecule has 4 nitrogen and oxygen atoms in total. The van der Waals surface area contributed by atoms with Crippen LogP contribution in [0.5, 0.6) is 0 Å². The Labute approximate surface area is 113 Å². The quantitative estimate of drug-likeness (QED) is 0.649. The SMILES string of the molecule is COCCN(CCOC)C(C)CCNC(C)(C)C. The van der Waals surface area contributed by atoms with Gasteiger partial charge in [-0.2, -0.15) is 0 Å². The first-order valence-corrected chi connectivity index (χ1v) is 6.87. The molecule has 0 spiro atoms. The van der Waals surface area contributed by atoms with Crippen LogP contribution >= 0.6 is 0 Å². The van der Waals surface area contributed by atoms with Crippen molar-refractivity contribution < 1.29 is 9.47 Å². The second-order valence-corrected chi connectivity index (χ2v) is 5.84. The highest BCUT2D eigenvalue weighted by molar-refractivity contribution is 4.73. The number of hydrogen-bond donors (Lipinski definition) is 1. The molecule has 0 saturated carbocycles. The van der Waals surface area contributed by atoms with Crippen LogP contribution in [0.4, 0.5) is 0 Å². The standard InChI is InChI=1S/C14H32N2O2/c1-13(7-8-15-14(2,3)4)16(9-11-17-5)10-12-18-6/h13,15H,7-12H2,1-6H3. The molecule has 0 aliphatic rings. The van der Waals surface area contributed by atoms with Gasteiger partial charge < -0.3 is 14.8 Å². The van der Waals surface area contributed by atoms with Crippen molar-refractivity contribution in [3.63, 3.8) is 0 Å². The third kappa shape index (κ3) is 9.83. The Kier molecular flexibility index (Phi) is 9.64. The molecule has 0 aromatic heterocycles. The van der Waals surface area contributed by atoms with Crippen molar-refractivity contribution in [1.82, 2.24) is 10.2 Å². The number of ether oxygens (including phenoxy) is 2. The van der Waals surface area contributed by atoms with Crippen LogP contribution in [0.2, 0.25) is 0 Å². The van der Waals surface area contributed by atoms with Crippen LogP contribution in [-0.4, -0.2) is 63.5 Å². The molecule has 1 atom stereocenters. The number of methoxy groups -OCH3 is 2. The maximum Gasteiger partial charge on any atom is 0.0589 e. The van der Waals surface area contributed by atoms with Crippen molar-refractivity contribution >= 4 is 0 Å². The Balaban J connectivity index is 3.98. The van der Waals surface area contributed by atoms with E-state index < -0.39 is 0 Å². The van der Waals surface area contributed by atoms with Crippen LogP contribution in [0.25, 0.3) is 0 Å². The van der Waals surface area contributed by atoms with Crippen LogP contribution in [0.15, 0.2) is 0 Å². The number of nitrogens with zero attached hydrogens (tertiary/aromatic N) is 1. The predicted octanol–water partition coefficient (Wildman–Crippen LogP) is 1.75. The van der Waals surface area contributed by atoms with Gasteiger partial charge in [-0.25, -0.2) is 0 Å². The average Bonchev–Trinajstić information content (AvgIpc) is 2.27. The first-order valence-electron chi connectivity index (χ1n) is 6.87. The fourth-order valence-corrected chi connectivity index (χ4v) is 1.81. The van der Waals surface area contributed by atoms with Crippen molar-refractivity contribution in [2.45, 2.75) is 45.7 Å². The first kappa shape index (κ1) is 17.8. The van der Waals surface area contributed by atoms with Gasteiger partial charge in [-0.3, -0.25) is 4.90 Å². The number of rotatable bonds is 10. The minimum absolute atomic E-state index is 0.198. The lowest BCUT2D eigenvalue weighted by atomic mass is 10.1. The molecule has 0 radical (unpaired) electrons. The smallest absolute Gasteiger partial charge is 0.0589 e. The van der Waals surface area contributed by atoms with E-state index in [1.54, 1.807) is 14.2 Å². The average molecular weight is 260 g/mol. The molecule has 110 valence electrons. The second-order valence-electron chi connectivity index (χ2n) is 5.84. The van der Waals surface area contributed by atoms with E-state index in [4.69, 9.17) is 9.47 Å². The highest BCUT2D eigenvalue weighted by Gasteiger charge is 2.14. The lowest BCUT2D eigenvalue weighted by molar-refractivity contribution is 0.0889. The van der Waals surface area contributed by atoms with Crippen molar-refractivity contribution in [3.05, 3.63) is 0 Å². The van der Waals surface area contributed by atoms with Gasteiger partial charge in [0, 0.05) is 38.9 Å². The number of nitrogens with one attached hydrogen (secondary N) is 1. The van der Waals surface area contributed by atoms with Gasteiger partial charge in [-0.1, -0.05) is 0 Å². The summed E-state index contributed by atoms with van der Waals surface area (Å²) < 4.78 is 10.3. The molecule has 0 aliphatic carbocycles. The molecule has 4 heteroatoms. The summed E-state index contributed by atoms with van der Waals surface area (Å²) in [5.41, 5.74) is 0.198. The van der Waals surface area contributed by atoms with E-state index in [0.29, 0.717) is 6.04 Å². The van der Waals surface area contributed by atoms with Crippen LogP contribution < -0.4 is 5.32 Å². The summed E-state index contributed by atoms with van der Waals surface area (Å²) in [6, 6.07) is 0.546. The Hall–Kier alpha value is -0.160. The molecule has 0 rings (SSSR count). The molecule has 0 aromatic carbocycles. The zero-order valence-electron chi connectivity index (χ0n) is 13.1. The molecular formula is C14H32N2O2. The minimum Gasteiger partial charge on any atom is -0.383 e. The van der Waals surface area contributed by atoms with Crippen molar-refractivity contribution in [2.75, 3.05) is 47.1 Å². The molecule has 0 amide bonds. The second kappa shape index (κ2) is 9.73. The van der Waals surface area contributed by atoms with E-state index in [0.717, 1.165) is 39.3 Å². The fraction of sp³-hybridized carbons (Fsp3) is 1.00. The van der Waals surface area contributed by atoms with Gasteiger partial charge in [-0.05, 0) is 40.7 Å². The maximum absolute atomic E-state index is 5.16. The third-order valence-electron chi connectivity index (χ3n) is 3.01. The fourth-order valence-electron chi connectivity index (χ4n) is 1.81. The van der Waals surface area contributed by atoms with Crippen molar-refractivity contribution in [3.8, 4) is 0 Å². The highest BCUT2D eigenvalue weighted by Crippen LogP contribution is 2.05. The van der Waals surface area contributed by atoms with E-state index in [1.807, 2.05) is 0 Å². The summed E-state index contributed by atoms with van der Waals surface area (Å²) in [7, 11) is 3.50. The van der Waals surface area contributed by atoms with Crippen molar-refractivity contribution in [2.24, 2.45) is 0 Å². The summed E-state index contributed by atoms with van der Waals surface area (Å²) in [5.74, 6) is 0. The molecule has 1 unspecified atom stereocenters. The molecule has 0 aromatic rings. The van der Waals surface area contributed by atoms with Crippen molar-refractivity contribution in [1.29, 1.82) is 0 Å². The molecule has 0 bridgehead atoms. The molecular weight excluding hydrogens is 228 g/mol. The molecule has 0 heterocycles. The van der Waals surface area contributed by atoms with E-state index in [9.17, 15) is 0 Å². The Morgan fingerprint density at radius 3 is 1.94 bits per heavy atom. The van der Waals surface area contributed by atoms with Gasteiger partial charge in [-0.15, -0.1) is 0 Å². The Morgan fingerprint density at radius 1 is 1.06 bits per heavy atom. The largest absolute Gasteiger partial charge is 0.383 e. The van der Waals surface area contributed by atoms with Crippen LogP contribution in [0.1, 0.15) is 34.1 Å². The lowest BCUT2D eigenvalue weighted by Crippen LogP contribution is -2.42. The topological polar surface area (TPSA) is 33.7 Å². The van der Waals surface area contributed by atoms with E-state index in [-0.39, 0.29) is 5.54 Å². The maximum atomic E-state index is 5.16. The lowest BCUT2D eigenvalue weighted by Gasteiger charge is -2.30.